The van der Waals surface area contributed by atoms with E-state index in [4.69, 9.17) is 0 Å². The molecule has 1 aromatic rings. The van der Waals surface area contributed by atoms with Gasteiger partial charge in [0.15, 0.2) is 0 Å². The normalized spacial score (nSPS) is 15.7. The molecule has 0 spiro atoms. The average Bonchev–Trinajstić information content (AvgIpc) is 2.60. The van der Waals surface area contributed by atoms with Crippen LogP contribution in [0.25, 0.3) is 0 Å². The number of carbonyl (C=O) groups excluding carboxylic acids is 1. The predicted octanol–water partition coefficient (Wildman–Crippen LogP) is 1.81. The van der Waals surface area contributed by atoms with Gasteiger partial charge in [0.1, 0.15) is 0 Å². The van der Waals surface area contributed by atoms with E-state index in [1.165, 1.54) is 11.3 Å². The Balaban J connectivity index is 2.07. The minimum Gasteiger partial charge on any atom is -0.373 e. The molecule has 1 heterocycles. The van der Waals surface area contributed by atoms with Crippen molar-refractivity contribution in [1.29, 1.82) is 0 Å². The average molecular weight is 275 g/mol. The molecule has 0 aromatic heterocycles. The largest absolute Gasteiger partial charge is 0.373 e. The molecule has 2 rings (SSSR count). The number of likely N-dealkylation sites (N-methyl/N-ethyl adjacent to an activating group) is 2. The van der Waals surface area contributed by atoms with Gasteiger partial charge < -0.3 is 9.80 Å². The molecule has 0 bridgehead atoms. The summed E-state index contributed by atoms with van der Waals surface area (Å²) in [6.45, 7) is 8.91. The van der Waals surface area contributed by atoms with Gasteiger partial charge in [-0.05, 0) is 25.5 Å². The Morgan fingerprint density at radius 2 is 1.90 bits per heavy atom. The van der Waals surface area contributed by atoms with Crippen LogP contribution >= 0.6 is 0 Å². The molecule has 1 amide bonds. The third kappa shape index (κ3) is 3.31. The summed E-state index contributed by atoms with van der Waals surface area (Å²) in [5.74, 6) is 0.233. The lowest BCUT2D eigenvalue weighted by Crippen LogP contribution is -2.41. The van der Waals surface area contributed by atoms with Crippen LogP contribution in [0.4, 0.5) is 5.69 Å². The van der Waals surface area contributed by atoms with Crippen molar-refractivity contribution in [2.24, 2.45) is 0 Å². The number of para-hydroxylation sites is 1. The standard InChI is InChI=1S/C16H25N3O/c1-4-19(5-2)16(20)13-18-11-10-17(3)15-9-7-6-8-14(15)12-18/h6-9H,4-5,10-13H2,1-3H3. The fraction of sp³-hybridized carbons (Fsp3) is 0.562. The van der Waals surface area contributed by atoms with E-state index in [2.05, 4.69) is 41.1 Å². The fourth-order valence-corrected chi connectivity index (χ4v) is 2.75. The minimum atomic E-state index is 0.233. The topological polar surface area (TPSA) is 26.8 Å². The zero-order valence-electron chi connectivity index (χ0n) is 12.8. The number of carbonyl (C=O) groups is 1. The Bertz CT molecular complexity index is 457. The lowest BCUT2D eigenvalue weighted by Gasteiger charge is -2.25. The van der Waals surface area contributed by atoms with Gasteiger partial charge in [0.2, 0.25) is 5.91 Å². The van der Waals surface area contributed by atoms with Gasteiger partial charge in [-0.3, -0.25) is 9.69 Å². The van der Waals surface area contributed by atoms with Gasteiger partial charge in [0.05, 0.1) is 6.54 Å². The Labute approximate surface area is 122 Å². The summed E-state index contributed by atoms with van der Waals surface area (Å²) in [5, 5.41) is 0. The molecule has 0 unspecified atom stereocenters. The molecular formula is C16H25N3O. The molecular weight excluding hydrogens is 250 g/mol. The molecule has 1 aromatic carbocycles. The van der Waals surface area contributed by atoms with Gasteiger partial charge in [0.25, 0.3) is 0 Å². The molecule has 0 fully saturated rings. The summed E-state index contributed by atoms with van der Waals surface area (Å²) in [6.07, 6.45) is 0. The molecule has 0 atom stereocenters. The van der Waals surface area contributed by atoms with Crippen LogP contribution in [-0.2, 0) is 11.3 Å². The van der Waals surface area contributed by atoms with E-state index in [0.717, 1.165) is 32.7 Å². The lowest BCUT2D eigenvalue weighted by molar-refractivity contribution is -0.132. The summed E-state index contributed by atoms with van der Waals surface area (Å²) >= 11 is 0. The van der Waals surface area contributed by atoms with E-state index >= 15 is 0 Å². The number of hydrogen-bond donors (Lipinski definition) is 0. The summed E-state index contributed by atoms with van der Waals surface area (Å²) in [7, 11) is 2.12. The van der Waals surface area contributed by atoms with E-state index in [1.54, 1.807) is 0 Å². The van der Waals surface area contributed by atoms with Crippen molar-refractivity contribution in [2.45, 2.75) is 20.4 Å². The molecule has 0 saturated carbocycles. The fourth-order valence-electron chi connectivity index (χ4n) is 2.75. The van der Waals surface area contributed by atoms with Crippen LogP contribution in [-0.4, -0.2) is 55.5 Å². The monoisotopic (exact) mass is 275 g/mol. The highest BCUT2D eigenvalue weighted by molar-refractivity contribution is 5.78. The number of rotatable bonds is 4. The van der Waals surface area contributed by atoms with E-state index in [-0.39, 0.29) is 5.91 Å². The maximum atomic E-state index is 12.2. The summed E-state index contributed by atoms with van der Waals surface area (Å²) in [4.78, 5) is 18.7. The highest BCUT2D eigenvalue weighted by Gasteiger charge is 2.20. The van der Waals surface area contributed by atoms with Crippen LogP contribution in [0.2, 0.25) is 0 Å². The number of hydrogen-bond acceptors (Lipinski definition) is 3. The van der Waals surface area contributed by atoms with Crippen LogP contribution in [0.1, 0.15) is 19.4 Å². The lowest BCUT2D eigenvalue weighted by atomic mass is 10.1. The Hall–Kier alpha value is -1.55. The van der Waals surface area contributed by atoms with Gasteiger partial charge in [-0.1, -0.05) is 18.2 Å². The number of amides is 1. The summed E-state index contributed by atoms with van der Waals surface area (Å²) in [6, 6.07) is 8.46. The number of anilines is 1. The van der Waals surface area contributed by atoms with Gasteiger partial charge in [-0.15, -0.1) is 0 Å². The van der Waals surface area contributed by atoms with Crippen molar-refractivity contribution in [3.8, 4) is 0 Å². The van der Waals surface area contributed by atoms with Crippen molar-refractivity contribution in [3.05, 3.63) is 29.8 Å². The summed E-state index contributed by atoms with van der Waals surface area (Å²) < 4.78 is 0. The zero-order valence-corrected chi connectivity index (χ0v) is 12.8. The highest BCUT2D eigenvalue weighted by atomic mass is 16.2. The van der Waals surface area contributed by atoms with Crippen LogP contribution < -0.4 is 4.90 Å². The summed E-state index contributed by atoms with van der Waals surface area (Å²) in [5.41, 5.74) is 2.59. The molecule has 0 N–H and O–H groups in total. The van der Waals surface area contributed by atoms with Crippen molar-refractivity contribution >= 4 is 11.6 Å². The molecule has 110 valence electrons. The van der Waals surface area contributed by atoms with Crippen molar-refractivity contribution in [1.82, 2.24) is 9.80 Å². The Morgan fingerprint density at radius 1 is 1.20 bits per heavy atom. The third-order valence-corrected chi connectivity index (χ3v) is 4.02. The Morgan fingerprint density at radius 3 is 2.60 bits per heavy atom. The Kier molecular flexibility index (Phi) is 5.01. The van der Waals surface area contributed by atoms with Gasteiger partial charge in [-0.2, -0.15) is 0 Å². The van der Waals surface area contributed by atoms with E-state index in [0.29, 0.717) is 6.54 Å². The second-order valence-corrected chi connectivity index (χ2v) is 5.33. The van der Waals surface area contributed by atoms with Crippen LogP contribution in [0, 0.1) is 0 Å². The molecule has 0 aliphatic carbocycles. The predicted molar refractivity (Wildman–Crippen MR) is 82.9 cm³/mol. The van der Waals surface area contributed by atoms with E-state index < -0.39 is 0 Å². The van der Waals surface area contributed by atoms with Crippen molar-refractivity contribution in [2.75, 3.05) is 44.7 Å². The number of benzene rings is 1. The molecule has 1 aliphatic rings. The van der Waals surface area contributed by atoms with Crippen molar-refractivity contribution < 1.29 is 4.79 Å². The molecule has 0 saturated heterocycles. The van der Waals surface area contributed by atoms with Gasteiger partial charge in [-0.25, -0.2) is 0 Å². The maximum Gasteiger partial charge on any atom is 0.236 e. The van der Waals surface area contributed by atoms with Gasteiger partial charge >= 0.3 is 0 Å². The van der Waals surface area contributed by atoms with Crippen LogP contribution in [0.15, 0.2) is 24.3 Å². The quantitative estimate of drug-likeness (QED) is 0.838. The molecule has 4 nitrogen and oxygen atoms in total. The molecule has 4 heteroatoms. The van der Waals surface area contributed by atoms with Crippen LogP contribution in [0.5, 0.6) is 0 Å². The van der Waals surface area contributed by atoms with E-state index in [1.807, 2.05) is 18.7 Å². The number of fused-ring (bicyclic) bond motifs is 1. The minimum absolute atomic E-state index is 0.233. The third-order valence-electron chi connectivity index (χ3n) is 4.02. The first-order valence-corrected chi connectivity index (χ1v) is 7.44. The van der Waals surface area contributed by atoms with Gasteiger partial charge in [0, 0.05) is 45.5 Å². The maximum absolute atomic E-state index is 12.2. The highest BCUT2D eigenvalue weighted by Crippen LogP contribution is 2.23. The SMILES string of the molecule is CCN(CC)C(=O)CN1CCN(C)c2ccccc2C1. The first kappa shape index (κ1) is 14.9. The second-order valence-electron chi connectivity index (χ2n) is 5.33. The molecule has 20 heavy (non-hydrogen) atoms. The molecule has 0 radical (unpaired) electrons. The second kappa shape index (κ2) is 6.75. The van der Waals surface area contributed by atoms with Crippen LogP contribution in [0.3, 0.4) is 0 Å². The smallest absolute Gasteiger partial charge is 0.236 e. The van der Waals surface area contributed by atoms with E-state index in [9.17, 15) is 4.79 Å². The molecule has 1 aliphatic heterocycles. The first-order chi connectivity index (χ1) is 9.65. The zero-order chi connectivity index (χ0) is 14.5. The number of nitrogens with zero attached hydrogens (tertiary/aromatic N) is 3. The first-order valence-electron chi connectivity index (χ1n) is 7.44. The van der Waals surface area contributed by atoms with Crippen molar-refractivity contribution in [3.63, 3.8) is 0 Å².